The summed E-state index contributed by atoms with van der Waals surface area (Å²) in [4.78, 5) is 22.7. The van der Waals surface area contributed by atoms with Gasteiger partial charge in [-0.3, -0.25) is 19.7 Å². The monoisotopic (exact) mass is 366 g/mol. The van der Waals surface area contributed by atoms with Gasteiger partial charge in [-0.05, 0) is 81.8 Å². The average molecular weight is 367 g/mol. The summed E-state index contributed by atoms with van der Waals surface area (Å²) in [6, 6.07) is 6.76. The molecule has 1 saturated heterocycles. The van der Waals surface area contributed by atoms with E-state index in [4.69, 9.17) is 0 Å². The Bertz CT molecular complexity index is 784. The lowest BCUT2D eigenvalue weighted by atomic mass is 9.90. The van der Waals surface area contributed by atoms with E-state index in [0.717, 1.165) is 42.1 Å². The molecule has 1 N–H and O–H groups in total. The highest BCUT2D eigenvalue weighted by molar-refractivity contribution is 5.88. The second-order valence-electron chi connectivity index (χ2n) is 7.83. The molecule has 27 heavy (non-hydrogen) atoms. The standard InChI is InChI=1S/C22H30N4O/c1-15-8-20(9-16(2)24-15)10-19-6-5-7-26(14-19)17(3)21-11-22(13-23-12-21)25-18(4)27/h8-9,11-13,17,19H,5-7,10,14H2,1-4H3,(H,25,27)/t17-,19+/m0/s1. The quantitative estimate of drug-likeness (QED) is 0.867. The fourth-order valence-corrected chi connectivity index (χ4v) is 4.16. The molecule has 1 amide bonds. The fraction of sp³-hybridized carbons (Fsp3) is 0.500. The highest BCUT2D eigenvalue weighted by Gasteiger charge is 2.25. The lowest BCUT2D eigenvalue weighted by Gasteiger charge is -2.37. The number of hydrogen-bond donors (Lipinski definition) is 1. The van der Waals surface area contributed by atoms with Gasteiger partial charge in [0.05, 0.1) is 11.9 Å². The summed E-state index contributed by atoms with van der Waals surface area (Å²) < 4.78 is 0. The zero-order valence-electron chi connectivity index (χ0n) is 16.8. The molecule has 0 aromatic carbocycles. The van der Waals surface area contributed by atoms with Crippen LogP contribution >= 0.6 is 0 Å². The van der Waals surface area contributed by atoms with Crippen LogP contribution in [-0.4, -0.2) is 33.9 Å². The highest BCUT2D eigenvalue weighted by Crippen LogP contribution is 2.29. The summed E-state index contributed by atoms with van der Waals surface area (Å²) in [5, 5.41) is 2.83. The predicted octanol–water partition coefficient (Wildman–Crippen LogP) is 4.07. The first-order valence-corrected chi connectivity index (χ1v) is 9.81. The van der Waals surface area contributed by atoms with E-state index in [9.17, 15) is 4.79 Å². The Morgan fingerprint density at radius 1 is 1.26 bits per heavy atom. The summed E-state index contributed by atoms with van der Waals surface area (Å²) >= 11 is 0. The number of piperidine rings is 1. The van der Waals surface area contributed by atoms with Gasteiger partial charge in [-0.2, -0.15) is 0 Å². The highest BCUT2D eigenvalue weighted by atomic mass is 16.1. The van der Waals surface area contributed by atoms with Crippen molar-refractivity contribution < 1.29 is 4.79 Å². The van der Waals surface area contributed by atoms with Crippen LogP contribution in [0.25, 0.3) is 0 Å². The minimum absolute atomic E-state index is 0.0671. The van der Waals surface area contributed by atoms with Crippen molar-refractivity contribution in [2.45, 2.75) is 53.0 Å². The molecule has 3 rings (SSSR count). The number of amides is 1. The molecule has 144 valence electrons. The van der Waals surface area contributed by atoms with Crippen LogP contribution in [0.1, 0.15) is 55.2 Å². The van der Waals surface area contributed by atoms with E-state index in [1.54, 1.807) is 6.20 Å². The Labute approximate surface area is 162 Å². The summed E-state index contributed by atoms with van der Waals surface area (Å²) in [6.45, 7) is 10.1. The van der Waals surface area contributed by atoms with Crippen LogP contribution in [0.15, 0.2) is 30.6 Å². The maximum atomic E-state index is 11.3. The Morgan fingerprint density at radius 2 is 2.00 bits per heavy atom. The molecule has 2 aromatic rings. The van der Waals surface area contributed by atoms with Crippen LogP contribution in [0.3, 0.4) is 0 Å². The number of nitrogens with one attached hydrogen (secondary N) is 1. The first-order chi connectivity index (χ1) is 12.9. The largest absolute Gasteiger partial charge is 0.325 e. The molecule has 2 atom stereocenters. The SMILES string of the molecule is CC(=O)Nc1cncc([C@H](C)N2CCC[C@H](Cc3cc(C)nc(C)c3)C2)c1. The molecule has 0 radical (unpaired) electrons. The third kappa shape index (κ3) is 5.36. The van der Waals surface area contributed by atoms with Crippen LogP contribution in [0.5, 0.6) is 0 Å². The van der Waals surface area contributed by atoms with E-state index in [2.05, 4.69) is 53.1 Å². The number of aromatic nitrogens is 2. The van der Waals surface area contributed by atoms with Gasteiger partial charge in [0.1, 0.15) is 0 Å². The molecule has 3 heterocycles. The minimum Gasteiger partial charge on any atom is -0.325 e. The minimum atomic E-state index is -0.0671. The molecule has 0 spiro atoms. The number of anilines is 1. The first-order valence-electron chi connectivity index (χ1n) is 9.81. The molecule has 5 nitrogen and oxygen atoms in total. The fourth-order valence-electron chi connectivity index (χ4n) is 4.16. The van der Waals surface area contributed by atoms with Crippen molar-refractivity contribution >= 4 is 11.6 Å². The van der Waals surface area contributed by atoms with Crippen LogP contribution < -0.4 is 5.32 Å². The number of pyridine rings is 2. The molecule has 1 fully saturated rings. The second kappa shape index (κ2) is 8.61. The normalized spacial score (nSPS) is 18.9. The third-order valence-electron chi connectivity index (χ3n) is 5.33. The Balaban J connectivity index is 1.67. The zero-order valence-corrected chi connectivity index (χ0v) is 16.8. The molecular weight excluding hydrogens is 336 g/mol. The Hall–Kier alpha value is -2.27. The van der Waals surface area contributed by atoms with Crippen LogP contribution in [-0.2, 0) is 11.2 Å². The first kappa shape index (κ1) is 19.5. The van der Waals surface area contributed by atoms with Gasteiger partial charge >= 0.3 is 0 Å². The molecule has 0 aliphatic carbocycles. The van der Waals surface area contributed by atoms with E-state index in [0.29, 0.717) is 5.92 Å². The van der Waals surface area contributed by atoms with Gasteiger partial charge in [0.25, 0.3) is 0 Å². The van der Waals surface area contributed by atoms with Crippen molar-refractivity contribution in [2.75, 3.05) is 18.4 Å². The number of rotatable bonds is 5. The summed E-state index contributed by atoms with van der Waals surface area (Å²) in [5.41, 5.74) is 5.52. The average Bonchev–Trinajstić information content (AvgIpc) is 2.60. The molecule has 1 aliphatic heterocycles. The summed E-state index contributed by atoms with van der Waals surface area (Å²) in [7, 11) is 0. The van der Waals surface area contributed by atoms with Crippen LogP contribution in [0, 0.1) is 19.8 Å². The maximum absolute atomic E-state index is 11.3. The van der Waals surface area contributed by atoms with E-state index in [-0.39, 0.29) is 11.9 Å². The molecule has 0 unspecified atom stereocenters. The summed E-state index contributed by atoms with van der Waals surface area (Å²) in [5.74, 6) is 0.594. The van der Waals surface area contributed by atoms with Crippen molar-refractivity contribution in [3.63, 3.8) is 0 Å². The van der Waals surface area contributed by atoms with Gasteiger partial charge < -0.3 is 5.32 Å². The Morgan fingerprint density at radius 3 is 2.70 bits per heavy atom. The van der Waals surface area contributed by atoms with Gasteiger partial charge in [0.2, 0.25) is 5.91 Å². The topological polar surface area (TPSA) is 58.1 Å². The van der Waals surface area contributed by atoms with Crippen molar-refractivity contribution in [1.82, 2.24) is 14.9 Å². The smallest absolute Gasteiger partial charge is 0.221 e. The summed E-state index contributed by atoms with van der Waals surface area (Å²) in [6.07, 6.45) is 7.21. The van der Waals surface area contributed by atoms with Gasteiger partial charge in [0.15, 0.2) is 0 Å². The predicted molar refractivity (Wildman–Crippen MR) is 109 cm³/mol. The lowest BCUT2D eigenvalue weighted by molar-refractivity contribution is -0.114. The van der Waals surface area contributed by atoms with E-state index in [1.165, 1.54) is 25.3 Å². The van der Waals surface area contributed by atoms with E-state index in [1.807, 2.05) is 12.3 Å². The Kier molecular flexibility index (Phi) is 6.22. The molecule has 0 saturated carbocycles. The van der Waals surface area contributed by atoms with Crippen molar-refractivity contribution in [3.8, 4) is 0 Å². The van der Waals surface area contributed by atoms with E-state index >= 15 is 0 Å². The number of carbonyl (C=O) groups excluding carboxylic acids is 1. The molecule has 2 aromatic heterocycles. The van der Waals surface area contributed by atoms with Gasteiger partial charge in [-0.25, -0.2) is 0 Å². The molecule has 5 heteroatoms. The number of hydrogen-bond acceptors (Lipinski definition) is 4. The number of carbonyl (C=O) groups is 1. The number of likely N-dealkylation sites (tertiary alicyclic amines) is 1. The van der Waals surface area contributed by atoms with Crippen molar-refractivity contribution in [2.24, 2.45) is 5.92 Å². The van der Waals surface area contributed by atoms with Gasteiger partial charge in [-0.1, -0.05) is 0 Å². The zero-order chi connectivity index (χ0) is 19.4. The molecule has 0 bridgehead atoms. The second-order valence-corrected chi connectivity index (χ2v) is 7.83. The van der Waals surface area contributed by atoms with Crippen molar-refractivity contribution in [3.05, 3.63) is 53.1 Å². The van der Waals surface area contributed by atoms with Crippen LogP contribution in [0.4, 0.5) is 5.69 Å². The van der Waals surface area contributed by atoms with Crippen molar-refractivity contribution in [1.29, 1.82) is 0 Å². The maximum Gasteiger partial charge on any atom is 0.221 e. The van der Waals surface area contributed by atoms with Gasteiger partial charge in [-0.15, -0.1) is 0 Å². The van der Waals surface area contributed by atoms with Gasteiger partial charge in [0, 0.05) is 37.1 Å². The van der Waals surface area contributed by atoms with Crippen LogP contribution in [0.2, 0.25) is 0 Å². The number of aryl methyl sites for hydroxylation is 2. The molecule has 1 aliphatic rings. The van der Waals surface area contributed by atoms with E-state index < -0.39 is 0 Å². The molecular formula is C22H30N4O. The third-order valence-corrected chi connectivity index (χ3v) is 5.33. The number of nitrogens with zero attached hydrogens (tertiary/aromatic N) is 3. The lowest BCUT2D eigenvalue weighted by Crippen LogP contribution is -2.38.